The topological polar surface area (TPSA) is 55.1 Å². The number of carbonyl (C=O) groups is 1. The van der Waals surface area contributed by atoms with Gasteiger partial charge >= 0.3 is 0 Å². The third-order valence-corrected chi connectivity index (χ3v) is 2.65. The van der Waals surface area contributed by atoms with Crippen molar-refractivity contribution in [3.8, 4) is 0 Å². The highest BCUT2D eigenvalue weighted by molar-refractivity contribution is 5.74. The lowest BCUT2D eigenvalue weighted by Crippen LogP contribution is -2.30. The highest BCUT2D eigenvalue weighted by Gasteiger charge is 2.06. The average molecular weight is 220 g/mol. The zero-order valence-electron chi connectivity index (χ0n) is 10.2. The summed E-state index contributed by atoms with van der Waals surface area (Å²) in [6.45, 7) is 6.92. The Bertz CT molecular complexity index is 374. The van der Waals surface area contributed by atoms with Gasteiger partial charge in [0, 0.05) is 19.0 Å². The first-order chi connectivity index (χ1) is 7.49. The first kappa shape index (κ1) is 12.7. The van der Waals surface area contributed by atoms with Crippen molar-refractivity contribution >= 4 is 5.91 Å². The van der Waals surface area contributed by atoms with E-state index in [1.165, 1.54) is 16.7 Å². The van der Waals surface area contributed by atoms with Gasteiger partial charge in [-0.25, -0.2) is 0 Å². The molecular weight excluding hydrogens is 200 g/mol. The maximum atomic E-state index is 10.7. The summed E-state index contributed by atoms with van der Waals surface area (Å²) in [6.07, 6.45) is 0.380. The summed E-state index contributed by atoms with van der Waals surface area (Å²) < 4.78 is 0. The molecule has 0 spiro atoms. The molecular formula is C13H20N2O. The first-order valence-electron chi connectivity index (χ1n) is 5.57. The number of benzene rings is 1. The molecule has 0 heterocycles. The van der Waals surface area contributed by atoms with Crippen molar-refractivity contribution in [2.24, 2.45) is 5.73 Å². The lowest BCUT2D eigenvalue weighted by Gasteiger charge is -2.13. The molecule has 0 aliphatic heterocycles. The fourth-order valence-electron chi connectivity index (χ4n) is 1.65. The SMILES string of the molecule is Cc1ccc(C)c(CNC(C)CC(N)=O)c1. The largest absolute Gasteiger partial charge is 0.370 e. The second kappa shape index (κ2) is 5.66. The Labute approximate surface area is 97.0 Å². The predicted molar refractivity (Wildman–Crippen MR) is 66.0 cm³/mol. The smallest absolute Gasteiger partial charge is 0.218 e. The third-order valence-electron chi connectivity index (χ3n) is 2.65. The minimum Gasteiger partial charge on any atom is -0.370 e. The van der Waals surface area contributed by atoms with Gasteiger partial charge in [0.1, 0.15) is 0 Å². The molecule has 1 amide bonds. The Morgan fingerprint density at radius 2 is 2.12 bits per heavy atom. The van der Waals surface area contributed by atoms with Crippen LogP contribution in [0.4, 0.5) is 0 Å². The number of carbonyl (C=O) groups excluding carboxylic acids is 1. The summed E-state index contributed by atoms with van der Waals surface area (Å²) in [5.41, 5.74) is 8.93. The standard InChI is InChI=1S/C13H20N2O/c1-9-4-5-10(2)12(6-9)8-15-11(3)7-13(14)16/h4-6,11,15H,7-8H2,1-3H3,(H2,14,16). The van der Waals surface area contributed by atoms with Crippen LogP contribution in [-0.2, 0) is 11.3 Å². The van der Waals surface area contributed by atoms with E-state index in [1.54, 1.807) is 0 Å². The number of nitrogens with one attached hydrogen (secondary N) is 1. The number of primary amides is 1. The Hall–Kier alpha value is -1.35. The summed E-state index contributed by atoms with van der Waals surface area (Å²) in [5, 5.41) is 3.30. The number of amides is 1. The van der Waals surface area contributed by atoms with Gasteiger partial charge in [0.05, 0.1) is 0 Å². The number of aryl methyl sites for hydroxylation is 2. The summed E-state index contributed by atoms with van der Waals surface area (Å²) in [7, 11) is 0. The summed E-state index contributed by atoms with van der Waals surface area (Å²) in [4.78, 5) is 10.7. The van der Waals surface area contributed by atoms with Crippen LogP contribution in [0.3, 0.4) is 0 Å². The van der Waals surface area contributed by atoms with Crippen LogP contribution < -0.4 is 11.1 Å². The molecule has 0 bridgehead atoms. The Morgan fingerprint density at radius 3 is 2.75 bits per heavy atom. The molecule has 1 atom stereocenters. The second-order valence-electron chi connectivity index (χ2n) is 4.38. The normalized spacial score (nSPS) is 12.4. The lowest BCUT2D eigenvalue weighted by molar-refractivity contribution is -0.118. The minimum atomic E-state index is -0.263. The quantitative estimate of drug-likeness (QED) is 0.793. The van der Waals surface area contributed by atoms with Gasteiger partial charge in [-0.3, -0.25) is 4.79 Å². The highest BCUT2D eigenvalue weighted by atomic mass is 16.1. The molecule has 1 aromatic rings. The highest BCUT2D eigenvalue weighted by Crippen LogP contribution is 2.10. The van der Waals surface area contributed by atoms with Crippen LogP contribution in [0.2, 0.25) is 0 Å². The van der Waals surface area contributed by atoms with E-state index in [4.69, 9.17) is 5.73 Å². The van der Waals surface area contributed by atoms with Crippen molar-refractivity contribution in [2.75, 3.05) is 0 Å². The molecule has 0 saturated heterocycles. The average Bonchev–Trinajstić information content (AvgIpc) is 2.18. The van der Waals surface area contributed by atoms with Crippen LogP contribution >= 0.6 is 0 Å². The number of hydrogen-bond acceptors (Lipinski definition) is 2. The maximum Gasteiger partial charge on any atom is 0.218 e. The maximum absolute atomic E-state index is 10.7. The van der Waals surface area contributed by atoms with Crippen LogP contribution in [-0.4, -0.2) is 11.9 Å². The van der Waals surface area contributed by atoms with Crippen LogP contribution in [0.1, 0.15) is 30.0 Å². The zero-order valence-corrected chi connectivity index (χ0v) is 10.2. The fraction of sp³-hybridized carbons (Fsp3) is 0.462. The molecule has 3 nitrogen and oxygen atoms in total. The third kappa shape index (κ3) is 4.03. The molecule has 1 aromatic carbocycles. The zero-order chi connectivity index (χ0) is 12.1. The van der Waals surface area contributed by atoms with Crippen molar-refractivity contribution in [1.82, 2.24) is 5.32 Å². The van der Waals surface area contributed by atoms with Gasteiger partial charge < -0.3 is 11.1 Å². The Kier molecular flexibility index (Phi) is 4.50. The number of nitrogens with two attached hydrogens (primary N) is 1. The van der Waals surface area contributed by atoms with Gasteiger partial charge in [-0.05, 0) is 31.9 Å². The Morgan fingerprint density at radius 1 is 1.44 bits per heavy atom. The van der Waals surface area contributed by atoms with Crippen molar-refractivity contribution in [3.63, 3.8) is 0 Å². The molecule has 0 saturated carbocycles. The van der Waals surface area contributed by atoms with Crippen LogP contribution in [0, 0.1) is 13.8 Å². The summed E-state index contributed by atoms with van der Waals surface area (Å²) >= 11 is 0. The van der Waals surface area contributed by atoms with E-state index in [9.17, 15) is 4.79 Å². The number of hydrogen-bond donors (Lipinski definition) is 2. The van der Waals surface area contributed by atoms with Crippen molar-refractivity contribution in [2.45, 2.75) is 39.8 Å². The molecule has 0 fully saturated rings. The van der Waals surface area contributed by atoms with E-state index in [-0.39, 0.29) is 11.9 Å². The monoisotopic (exact) mass is 220 g/mol. The van der Waals surface area contributed by atoms with Crippen LogP contribution in [0.5, 0.6) is 0 Å². The summed E-state index contributed by atoms with van der Waals surface area (Å²) in [6, 6.07) is 6.51. The minimum absolute atomic E-state index is 0.123. The van der Waals surface area contributed by atoms with Crippen LogP contribution in [0.25, 0.3) is 0 Å². The van der Waals surface area contributed by atoms with E-state index in [2.05, 4.69) is 37.4 Å². The van der Waals surface area contributed by atoms with Gasteiger partial charge in [0.2, 0.25) is 5.91 Å². The van der Waals surface area contributed by atoms with Gasteiger partial charge in [0.15, 0.2) is 0 Å². The number of rotatable bonds is 5. The second-order valence-corrected chi connectivity index (χ2v) is 4.38. The first-order valence-corrected chi connectivity index (χ1v) is 5.57. The van der Waals surface area contributed by atoms with E-state index < -0.39 is 0 Å². The fourth-order valence-corrected chi connectivity index (χ4v) is 1.65. The van der Waals surface area contributed by atoms with Gasteiger partial charge in [-0.2, -0.15) is 0 Å². The molecule has 0 aromatic heterocycles. The van der Waals surface area contributed by atoms with Crippen LogP contribution in [0.15, 0.2) is 18.2 Å². The van der Waals surface area contributed by atoms with Gasteiger partial charge in [0.25, 0.3) is 0 Å². The van der Waals surface area contributed by atoms with Crippen molar-refractivity contribution < 1.29 is 4.79 Å². The van der Waals surface area contributed by atoms with Crippen molar-refractivity contribution in [3.05, 3.63) is 34.9 Å². The molecule has 1 rings (SSSR count). The predicted octanol–water partition coefficient (Wildman–Crippen LogP) is 1.66. The molecule has 0 radical (unpaired) electrons. The molecule has 1 unspecified atom stereocenters. The van der Waals surface area contributed by atoms with E-state index in [0.29, 0.717) is 6.42 Å². The Balaban J connectivity index is 2.54. The molecule has 3 heteroatoms. The van der Waals surface area contributed by atoms with Gasteiger partial charge in [-0.1, -0.05) is 23.8 Å². The van der Waals surface area contributed by atoms with Crippen molar-refractivity contribution in [1.29, 1.82) is 0 Å². The van der Waals surface area contributed by atoms with E-state index in [0.717, 1.165) is 6.54 Å². The lowest BCUT2D eigenvalue weighted by atomic mass is 10.1. The molecule has 0 aliphatic rings. The molecule has 0 aliphatic carbocycles. The molecule has 88 valence electrons. The molecule has 3 N–H and O–H groups in total. The van der Waals surface area contributed by atoms with E-state index in [1.807, 2.05) is 6.92 Å². The summed E-state index contributed by atoms with van der Waals surface area (Å²) in [5.74, 6) is -0.263. The molecule has 16 heavy (non-hydrogen) atoms. The van der Waals surface area contributed by atoms with Gasteiger partial charge in [-0.15, -0.1) is 0 Å². The van der Waals surface area contributed by atoms with E-state index >= 15 is 0 Å².